The van der Waals surface area contributed by atoms with Crippen molar-refractivity contribution in [3.8, 4) is 5.75 Å². The smallest absolute Gasteiger partial charge is 0.259 e. The Morgan fingerprint density at radius 3 is 2.61 bits per heavy atom. The Morgan fingerprint density at radius 1 is 1.11 bits per heavy atom. The molecular formula is C23H19ClFNO2. The molecule has 28 heavy (non-hydrogen) atoms. The first kappa shape index (κ1) is 18.5. The first-order valence-electron chi connectivity index (χ1n) is 9.07. The summed E-state index contributed by atoms with van der Waals surface area (Å²) in [6.07, 6.45) is 0.681. The van der Waals surface area contributed by atoms with Crippen LogP contribution in [0, 0.1) is 5.82 Å². The van der Waals surface area contributed by atoms with Gasteiger partial charge in [-0.2, -0.15) is 0 Å². The summed E-state index contributed by atoms with van der Waals surface area (Å²) in [6, 6.07) is 19.6. The van der Waals surface area contributed by atoms with Crippen LogP contribution in [0.3, 0.4) is 0 Å². The summed E-state index contributed by atoms with van der Waals surface area (Å²) in [5.41, 5.74) is 3.00. The molecule has 3 aromatic carbocycles. The van der Waals surface area contributed by atoms with Gasteiger partial charge in [0.15, 0.2) is 0 Å². The molecule has 0 bridgehead atoms. The van der Waals surface area contributed by atoms with Gasteiger partial charge in [-0.05, 0) is 47.4 Å². The first-order valence-corrected chi connectivity index (χ1v) is 9.44. The summed E-state index contributed by atoms with van der Waals surface area (Å²) in [4.78, 5) is 15.1. The van der Waals surface area contributed by atoms with Crippen molar-refractivity contribution in [2.24, 2.45) is 0 Å². The van der Waals surface area contributed by atoms with Crippen LogP contribution in [0.1, 0.15) is 33.1 Å². The van der Waals surface area contributed by atoms with Crippen molar-refractivity contribution in [3.63, 3.8) is 0 Å². The summed E-state index contributed by atoms with van der Waals surface area (Å²) in [5.74, 6) is -0.302. The molecule has 3 aromatic rings. The number of carbonyl (C=O) groups excluding carboxylic acids is 1. The highest BCUT2D eigenvalue weighted by Gasteiger charge is 2.34. The highest BCUT2D eigenvalue weighted by Crippen LogP contribution is 2.38. The highest BCUT2D eigenvalue weighted by molar-refractivity contribution is 6.33. The Balaban J connectivity index is 1.86. The van der Waals surface area contributed by atoms with Gasteiger partial charge >= 0.3 is 0 Å². The molecule has 5 heteroatoms. The van der Waals surface area contributed by atoms with Crippen LogP contribution in [0.2, 0.25) is 5.02 Å². The predicted octanol–water partition coefficient (Wildman–Crippen LogP) is 5.28. The molecule has 0 N–H and O–H groups in total. The van der Waals surface area contributed by atoms with Crippen molar-refractivity contribution in [1.29, 1.82) is 0 Å². The van der Waals surface area contributed by atoms with Crippen molar-refractivity contribution in [2.75, 3.05) is 13.7 Å². The molecule has 0 radical (unpaired) electrons. The van der Waals surface area contributed by atoms with Crippen LogP contribution < -0.4 is 4.74 Å². The highest BCUT2D eigenvalue weighted by atomic mass is 35.5. The van der Waals surface area contributed by atoms with E-state index >= 15 is 0 Å². The van der Waals surface area contributed by atoms with Gasteiger partial charge in [0.05, 0.1) is 23.7 Å². The number of carbonyl (C=O) groups is 1. The number of nitrogens with zero attached hydrogens (tertiary/aromatic N) is 1. The Kier molecular flexibility index (Phi) is 5.05. The maximum atomic E-state index is 14.4. The van der Waals surface area contributed by atoms with Crippen LogP contribution in [-0.4, -0.2) is 24.5 Å². The van der Waals surface area contributed by atoms with E-state index in [0.717, 1.165) is 22.4 Å². The third-order valence-electron chi connectivity index (χ3n) is 5.13. The van der Waals surface area contributed by atoms with Crippen molar-refractivity contribution < 1.29 is 13.9 Å². The number of fused-ring (bicyclic) bond motifs is 1. The van der Waals surface area contributed by atoms with Crippen molar-refractivity contribution in [3.05, 3.63) is 99.8 Å². The van der Waals surface area contributed by atoms with Gasteiger partial charge in [-0.3, -0.25) is 4.79 Å². The SMILES string of the molecule is COc1ccc2c(c1)C(c1ccccc1)N(C(=O)c1c(F)cccc1Cl)CC2. The van der Waals surface area contributed by atoms with Crippen molar-refractivity contribution in [2.45, 2.75) is 12.5 Å². The minimum Gasteiger partial charge on any atom is -0.497 e. The predicted molar refractivity (Wildman–Crippen MR) is 107 cm³/mol. The van der Waals surface area contributed by atoms with E-state index in [1.807, 2.05) is 48.5 Å². The largest absolute Gasteiger partial charge is 0.497 e. The van der Waals surface area contributed by atoms with Gasteiger partial charge in [-0.25, -0.2) is 4.39 Å². The first-order chi connectivity index (χ1) is 13.6. The van der Waals surface area contributed by atoms with Gasteiger partial charge < -0.3 is 9.64 Å². The average Bonchev–Trinajstić information content (AvgIpc) is 2.72. The van der Waals surface area contributed by atoms with Gasteiger partial charge in [0, 0.05) is 6.54 Å². The second-order valence-electron chi connectivity index (χ2n) is 6.72. The Labute approximate surface area is 168 Å². The minimum atomic E-state index is -0.610. The number of hydrogen-bond acceptors (Lipinski definition) is 2. The summed E-state index contributed by atoms with van der Waals surface area (Å²) in [6.45, 7) is 0.475. The van der Waals surface area contributed by atoms with Crippen LogP contribution in [0.5, 0.6) is 5.75 Å². The van der Waals surface area contributed by atoms with E-state index in [1.54, 1.807) is 12.0 Å². The van der Waals surface area contributed by atoms with Gasteiger partial charge in [0.1, 0.15) is 11.6 Å². The lowest BCUT2D eigenvalue weighted by Crippen LogP contribution is -2.41. The molecule has 1 heterocycles. The van der Waals surface area contributed by atoms with Crippen LogP contribution in [-0.2, 0) is 6.42 Å². The third kappa shape index (κ3) is 3.25. The maximum Gasteiger partial charge on any atom is 0.259 e. The van der Waals surface area contributed by atoms with Crippen LogP contribution >= 0.6 is 11.6 Å². The van der Waals surface area contributed by atoms with E-state index in [2.05, 4.69) is 0 Å². The van der Waals surface area contributed by atoms with Gasteiger partial charge in [-0.15, -0.1) is 0 Å². The molecule has 0 aliphatic carbocycles. The molecular weight excluding hydrogens is 377 g/mol. The van der Waals surface area contributed by atoms with E-state index in [1.165, 1.54) is 18.2 Å². The molecule has 1 aliphatic heterocycles. The van der Waals surface area contributed by atoms with E-state index in [0.29, 0.717) is 13.0 Å². The Morgan fingerprint density at radius 2 is 1.89 bits per heavy atom. The van der Waals surface area contributed by atoms with Crippen LogP contribution in [0.25, 0.3) is 0 Å². The normalized spacial score (nSPS) is 15.8. The molecule has 0 saturated carbocycles. The second-order valence-corrected chi connectivity index (χ2v) is 7.13. The van der Waals surface area contributed by atoms with E-state index in [9.17, 15) is 9.18 Å². The maximum absolute atomic E-state index is 14.4. The molecule has 1 aliphatic rings. The summed E-state index contributed by atoms with van der Waals surface area (Å²) in [5, 5.41) is 0.119. The zero-order valence-corrected chi connectivity index (χ0v) is 16.1. The number of halogens is 2. The fourth-order valence-electron chi connectivity index (χ4n) is 3.78. The monoisotopic (exact) mass is 395 g/mol. The lowest BCUT2D eigenvalue weighted by atomic mass is 9.87. The fourth-order valence-corrected chi connectivity index (χ4v) is 4.02. The molecule has 4 rings (SSSR count). The molecule has 0 fully saturated rings. The summed E-state index contributed by atoms with van der Waals surface area (Å²) < 4.78 is 19.8. The molecule has 142 valence electrons. The molecule has 0 spiro atoms. The van der Waals surface area contributed by atoms with Crippen molar-refractivity contribution >= 4 is 17.5 Å². The average molecular weight is 396 g/mol. The van der Waals surface area contributed by atoms with Gasteiger partial charge in [0.25, 0.3) is 5.91 Å². The van der Waals surface area contributed by atoms with E-state index < -0.39 is 11.7 Å². The van der Waals surface area contributed by atoms with Crippen molar-refractivity contribution in [1.82, 2.24) is 4.90 Å². The molecule has 3 nitrogen and oxygen atoms in total. The molecule has 1 unspecified atom stereocenters. The quantitative estimate of drug-likeness (QED) is 0.604. The molecule has 1 amide bonds. The Hall–Kier alpha value is -2.85. The zero-order chi connectivity index (χ0) is 19.7. The molecule has 1 atom stereocenters. The topological polar surface area (TPSA) is 29.5 Å². The number of methoxy groups -OCH3 is 1. The fraction of sp³-hybridized carbons (Fsp3) is 0.174. The van der Waals surface area contributed by atoms with E-state index in [4.69, 9.17) is 16.3 Å². The Bertz CT molecular complexity index is 1000. The van der Waals surface area contributed by atoms with Crippen LogP contribution in [0.4, 0.5) is 4.39 Å². The number of rotatable bonds is 3. The molecule has 0 aromatic heterocycles. The number of amides is 1. The lowest BCUT2D eigenvalue weighted by Gasteiger charge is -2.38. The third-order valence-corrected chi connectivity index (χ3v) is 5.45. The van der Waals surface area contributed by atoms with Gasteiger partial charge in [0.2, 0.25) is 0 Å². The number of benzene rings is 3. The van der Waals surface area contributed by atoms with Gasteiger partial charge in [-0.1, -0.05) is 54.1 Å². The number of hydrogen-bond donors (Lipinski definition) is 0. The molecule has 0 saturated heterocycles. The van der Waals surface area contributed by atoms with Crippen LogP contribution in [0.15, 0.2) is 66.7 Å². The summed E-state index contributed by atoms with van der Waals surface area (Å²) >= 11 is 6.18. The summed E-state index contributed by atoms with van der Waals surface area (Å²) in [7, 11) is 1.62. The minimum absolute atomic E-state index is 0.0866. The second kappa shape index (κ2) is 7.64. The zero-order valence-electron chi connectivity index (χ0n) is 15.4. The number of ether oxygens (including phenoxy) is 1. The lowest BCUT2D eigenvalue weighted by molar-refractivity contribution is 0.0689. The standard InChI is InChI=1S/C23H19ClFNO2/c1-28-17-11-10-15-12-13-26(23(27)21-19(24)8-5-9-20(21)25)22(18(15)14-17)16-6-3-2-4-7-16/h2-11,14,22H,12-13H2,1H3. The van der Waals surface area contributed by atoms with E-state index in [-0.39, 0.29) is 16.6 Å².